The number of benzene rings is 1. The number of aromatic hydroxyl groups is 2. The van der Waals surface area contributed by atoms with E-state index in [1.54, 1.807) is 12.1 Å². The number of phenolic OH excluding ortho intramolecular Hbond substituents is 2. The van der Waals surface area contributed by atoms with E-state index in [4.69, 9.17) is 10.2 Å². The van der Waals surface area contributed by atoms with Crippen molar-refractivity contribution >= 4 is 17.1 Å². The SMILES string of the molecule is Oc1ccccc1O.[Se]. The zero-order valence-corrected chi connectivity index (χ0v) is 6.33. The van der Waals surface area contributed by atoms with Gasteiger partial charge in [0.15, 0.2) is 11.5 Å². The Balaban J connectivity index is 0.000000640. The first-order valence-electron chi connectivity index (χ1n) is 2.27. The van der Waals surface area contributed by atoms with Crippen molar-refractivity contribution in [1.82, 2.24) is 0 Å². The van der Waals surface area contributed by atoms with E-state index in [1.165, 1.54) is 12.1 Å². The fourth-order valence-corrected chi connectivity index (χ4v) is 0.464. The fourth-order valence-electron chi connectivity index (χ4n) is 0.464. The van der Waals surface area contributed by atoms with Crippen molar-refractivity contribution in [2.45, 2.75) is 0 Å². The van der Waals surface area contributed by atoms with Crippen LogP contribution < -0.4 is 0 Å². The zero-order chi connectivity index (χ0) is 5.98. The van der Waals surface area contributed by atoms with Gasteiger partial charge in [-0.25, -0.2) is 0 Å². The molecule has 1 rings (SSSR count). The topological polar surface area (TPSA) is 40.5 Å². The van der Waals surface area contributed by atoms with E-state index in [0.717, 1.165) is 0 Å². The average Bonchev–Trinajstić information content (AvgIpc) is 1.77. The van der Waals surface area contributed by atoms with E-state index in [2.05, 4.69) is 0 Å². The quantitative estimate of drug-likeness (QED) is 0.466. The zero-order valence-electron chi connectivity index (χ0n) is 4.61. The van der Waals surface area contributed by atoms with Gasteiger partial charge in [-0.15, -0.1) is 0 Å². The second kappa shape index (κ2) is 3.38. The first-order valence-corrected chi connectivity index (χ1v) is 2.27. The number of phenols is 2. The Bertz CT molecular complexity index is 167. The van der Waals surface area contributed by atoms with Crippen LogP contribution in [-0.4, -0.2) is 27.3 Å². The van der Waals surface area contributed by atoms with Crippen LogP contribution in [-0.2, 0) is 0 Å². The minimum Gasteiger partial charge on any atom is -0.504 e. The summed E-state index contributed by atoms with van der Waals surface area (Å²) in [7, 11) is 0. The van der Waals surface area contributed by atoms with Gasteiger partial charge in [-0.1, -0.05) is 12.1 Å². The van der Waals surface area contributed by atoms with Gasteiger partial charge in [-0.2, -0.15) is 0 Å². The second-order valence-corrected chi connectivity index (χ2v) is 1.49. The van der Waals surface area contributed by atoms with Gasteiger partial charge in [-0.3, -0.25) is 0 Å². The molecular weight excluding hydrogens is 183 g/mol. The van der Waals surface area contributed by atoms with Crippen molar-refractivity contribution in [3.05, 3.63) is 24.3 Å². The molecule has 2 N–H and O–H groups in total. The number of hydrogen-bond donors (Lipinski definition) is 2. The van der Waals surface area contributed by atoms with Crippen LogP contribution in [0, 0.1) is 0 Å². The van der Waals surface area contributed by atoms with Crippen molar-refractivity contribution in [3.8, 4) is 11.5 Å². The van der Waals surface area contributed by atoms with Crippen molar-refractivity contribution in [1.29, 1.82) is 0 Å². The van der Waals surface area contributed by atoms with Crippen molar-refractivity contribution < 1.29 is 10.2 Å². The molecule has 0 amide bonds. The van der Waals surface area contributed by atoms with Gasteiger partial charge in [0.25, 0.3) is 0 Å². The maximum absolute atomic E-state index is 8.67. The molecule has 2 nitrogen and oxygen atoms in total. The Hall–Kier alpha value is -0.661. The third-order valence-corrected chi connectivity index (χ3v) is 0.882. The molecule has 0 heterocycles. The van der Waals surface area contributed by atoms with Gasteiger partial charge < -0.3 is 10.2 Å². The van der Waals surface area contributed by atoms with Crippen LogP contribution >= 0.6 is 0 Å². The third kappa shape index (κ3) is 1.96. The molecule has 0 fully saturated rings. The molecule has 0 aliphatic carbocycles. The van der Waals surface area contributed by atoms with Gasteiger partial charge in [0, 0.05) is 17.1 Å². The number of rotatable bonds is 0. The van der Waals surface area contributed by atoms with E-state index < -0.39 is 0 Å². The van der Waals surface area contributed by atoms with Crippen LogP contribution in [0.4, 0.5) is 0 Å². The first-order chi connectivity index (χ1) is 3.80. The van der Waals surface area contributed by atoms with E-state index in [0.29, 0.717) is 0 Å². The molecule has 0 aliphatic rings. The van der Waals surface area contributed by atoms with Crippen LogP contribution in [0.25, 0.3) is 0 Å². The fraction of sp³-hybridized carbons (Fsp3) is 0. The molecule has 0 saturated heterocycles. The Morgan fingerprint density at radius 1 is 0.889 bits per heavy atom. The standard InChI is InChI=1S/C6H6O2.Se/c7-5-3-1-2-4-6(5)8;/h1-4,7-8H;. The second-order valence-electron chi connectivity index (χ2n) is 1.49. The molecule has 0 spiro atoms. The number of para-hydroxylation sites is 2. The minimum absolute atomic E-state index is 0. The Kier molecular flexibility index (Phi) is 3.13. The molecule has 0 unspecified atom stereocenters. The van der Waals surface area contributed by atoms with E-state index >= 15 is 0 Å². The summed E-state index contributed by atoms with van der Waals surface area (Å²) in [6.07, 6.45) is 0. The summed E-state index contributed by atoms with van der Waals surface area (Å²) in [5.74, 6) is -0.153. The van der Waals surface area contributed by atoms with Gasteiger partial charge >= 0.3 is 0 Å². The molecule has 0 atom stereocenters. The van der Waals surface area contributed by atoms with Gasteiger partial charge in [0.1, 0.15) is 0 Å². The molecule has 9 heavy (non-hydrogen) atoms. The smallest absolute Gasteiger partial charge is 0.157 e. The molecular formula is C6H6O2Se. The monoisotopic (exact) mass is 190 g/mol. The molecule has 0 saturated carbocycles. The molecule has 2 radical (unpaired) electrons. The summed E-state index contributed by atoms with van der Waals surface area (Å²) in [5, 5.41) is 17.3. The van der Waals surface area contributed by atoms with Gasteiger partial charge in [0.2, 0.25) is 0 Å². The molecule has 48 valence electrons. The maximum Gasteiger partial charge on any atom is 0.157 e. The van der Waals surface area contributed by atoms with Crippen molar-refractivity contribution in [2.75, 3.05) is 0 Å². The largest absolute Gasteiger partial charge is 0.504 e. The molecule has 1 aromatic carbocycles. The predicted octanol–water partition coefficient (Wildman–Crippen LogP) is 0.717. The summed E-state index contributed by atoms with van der Waals surface area (Å²) in [6.45, 7) is 0. The van der Waals surface area contributed by atoms with Crippen molar-refractivity contribution in [2.24, 2.45) is 0 Å². The predicted molar refractivity (Wildman–Crippen MR) is 35.5 cm³/mol. The number of hydrogen-bond acceptors (Lipinski definition) is 2. The Morgan fingerprint density at radius 3 is 1.44 bits per heavy atom. The normalized spacial score (nSPS) is 8.00. The first kappa shape index (κ1) is 8.34. The van der Waals surface area contributed by atoms with Gasteiger partial charge in [0.05, 0.1) is 0 Å². The summed E-state index contributed by atoms with van der Waals surface area (Å²) in [5.41, 5.74) is 0. The van der Waals surface area contributed by atoms with E-state index in [-0.39, 0.29) is 28.6 Å². The van der Waals surface area contributed by atoms with Crippen molar-refractivity contribution in [3.63, 3.8) is 0 Å². The van der Waals surface area contributed by atoms with Gasteiger partial charge in [-0.05, 0) is 12.1 Å². The van der Waals surface area contributed by atoms with E-state index in [1.807, 2.05) is 0 Å². The molecule has 0 bridgehead atoms. The average molecular weight is 189 g/mol. The van der Waals surface area contributed by atoms with E-state index in [9.17, 15) is 0 Å². The Morgan fingerprint density at radius 2 is 1.22 bits per heavy atom. The summed E-state index contributed by atoms with van der Waals surface area (Å²) in [6, 6.07) is 6.15. The molecule has 0 aromatic heterocycles. The van der Waals surface area contributed by atoms with Crippen LogP contribution in [0.15, 0.2) is 24.3 Å². The minimum atomic E-state index is -0.0764. The molecule has 3 heteroatoms. The van der Waals surface area contributed by atoms with Crippen LogP contribution in [0.5, 0.6) is 11.5 Å². The summed E-state index contributed by atoms with van der Waals surface area (Å²) >= 11 is 0. The van der Waals surface area contributed by atoms with Crippen LogP contribution in [0.2, 0.25) is 0 Å². The Labute approximate surface area is 63.6 Å². The summed E-state index contributed by atoms with van der Waals surface area (Å²) < 4.78 is 0. The molecule has 0 aliphatic heterocycles. The summed E-state index contributed by atoms with van der Waals surface area (Å²) in [4.78, 5) is 0. The third-order valence-electron chi connectivity index (χ3n) is 0.882. The molecule has 1 aromatic rings. The van der Waals surface area contributed by atoms with Crippen LogP contribution in [0.3, 0.4) is 0 Å². The maximum atomic E-state index is 8.67. The van der Waals surface area contributed by atoms with Crippen LogP contribution in [0.1, 0.15) is 0 Å².